The fourth-order valence-corrected chi connectivity index (χ4v) is 15.2. The summed E-state index contributed by atoms with van der Waals surface area (Å²) in [4.78, 5) is 73.3. The van der Waals surface area contributed by atoms with Gasteiger partial charge >= 0.3 is 39.5 Å². The smallest absolute Gasteiger partial charge is 0.462 e. The van der Waals surface area contributed by atoms with Crippen LogP contribution in [-0.2, 0) is 65.4 Å². The molecule has 0 spiro atoms. The van der Waals surface area contributed by atoms with Crippen molar-refractivity contribution in [2.45, 2.75) is 478 Å². The number of ether oxygens (including phenoxy) is 4. The van der Waals surface area contributed by atoms with E-state index in [0.717, 1.165) is 114 Å². The molecular weight excluding hydrogens is 1390 g/mol. The van der Waals surface area contributed by atoms with Gasteiger partial charge in [-0.3, -0.25) is 37.3 Å². The van der Waals surface area contributed by atoms with E-state index in [4.69, 9.17) is 37.0 Å². The van der Waals surface area contributed by atoms with Crippen molar-refractivity contribution in [3.63, 3.8) is 0 Å². The first-order chi connectivity index (χ1) is 51.6. The van der Waals surface area contributed by atoms with E-state index >= 15 is 0 Å². The zero-order valence-electron chi connectivity index (χ0n) is 70.8. The van der Waals surface area contributed by atoms with Gasteiger partial charge in [-0.15, -0.1) is 0 Å². The minimum atomic E-state index is -4.97. The van der Waals surface area contributed by atoms with Crippen LogP contribution in [0.2, 0.25) is 0 Å². The predicted molar refractivity (Wildman–Crippen MR) is 441 cm³/mol. The van der Waals surface area contributed by atoms with Crippen LogP contribution in [0.25, 0.3) is 0 Å². The third-order valence-corrected chi connectivity index (χ3v) is 22.8. The van der Waals surface area contributed by atoms with Gasteiger partial charge in [0.2, 0.25) is 0 Å². The predicted octanol–water partition coefficient (Wildman–Crippen LogP) is 26.7. The van der Waals surface area contributed by atoms with E-state index in [-0.39, 0.29) is 25.7 Å². The Morgan fingerprint density at radius 3 is 0.664 bits per heavy atom. The molecule has 0 aromatic heterocycles. The van der Waals surface area contributed by atoms with Crippen molar-refractivity contribution in [1.29, 1.82) is 0 Å². The summed E-state index contributed by atoms with van der Waals surface area (Å²) < 4.78 is 68.9. The highest BCUT2D eigenvalue weighted by molar-refractivity contribution is 7.47. The molecule has 6 atom stereocenters. The molecule has 0 saturated heterocycles. The number of phosphoric ester groups is 2. The lowest BCUT2D eigenvalue weighted by molar-refractivity contribution is -0.161. The first-order valence-electron chi connectivity index (χ1n) is 45.2. The molecule has 0 aromatic carbocycles. The first kappa shape index (κ1) is 105. The number of aliphatic hydroxyl groups is 1. The van der Waals surface area contributed by atoms with Crippen molar-refractivity contribution in [2.75, 3.05) is 39.6 Å². The summed E-state index contributed by atoms with van der Waals surface area (Å²) in [6.07, 6.45) is 66.7. The van der Waals surface area contributed by atoms with Gasteiger partial charge in [0.1, 0.15) is 19.3 Å². The molecule has 17 nitrogen and oxygen atoms in total. The lowest BCUT2D eigenvalue weighted by Crippen LogP contribution is -2.30. The fraction of sp³-hybridized carbons (Fsp3) is 0.955. The molecule has 0 radical (unpaired) electrons. The van der Waals surface area contributed by atoms with Crippen LogP contribution in [0.5, 0.6) is 0 Å². The quantitative estimate of drug-likeness (QED) is 0.0222. The van der Waals surface area contributed by atoms with Gasteiger partial charge in [0.25, 0.3) is 0 Å². The van der Waals surface area contributed by atoms with Gasteiger partial charge in [-0.2, -0.15) is 0 Å². The maximum absolute atomic E-state index is 13.1. The van der Waals surface area contributed by atoms with E-state index in [1.807, 2.05) is 0 Å². The molecule has 0 fully saturated rings. The maximum atomic E-state index is 13.1. The lowest BCUT2D eigenvalue weighted by Gasteiger charge is -2.21. The Kier molecular flexibility index (Phi) is 75.3. The molecule has 0 saturated carbocycles. The molecule has 0 amide bonds. The van der Waals surface area contributed by atoms with Crippen LogP contribution in [0.4, 0.5) is 0 Å². The van der Waals surface area contributed by atoms with Crippen molar-refractivity contribution >= 4 is 39.5 Å². The zero-order valence-corrected chi connectivity index (χ0v) is 72.6. The summed E-state index contributed by atoms with van der Waals surface area (Å²) in [7, 11) is -9.93. The Balaban J connectivity index is 5.21. The SMILES string of the molecule is CCC(C)CCCCCCCCCCCCCCCCCCCCC(=O)O[C@H](COC(=O)CCCCCCCCCC(C)C)COP(=O)(O)OCC(O)COP(=O)(O)OC[C@@H](COC(=O)CCCCCCCCCCCCCCCC(C)C)OC(=O)CCCCCCCCCCCCCCCCCCC(C)C. The van der Waals surface area contributed by atoms with Crippen LogP contribution >= 0.6 is 15.6 Å². The minimum absolute atomic E-state index is 0.107. The average molecular weight is 1560 g/mol. The number of phosphoric acid groups is 2. The topological polar surface area (TPSA) is 237 Å². The number of esters is 4. The minimum Gasteiger partial charge on any atom is -0.462 e. The number of rotatable bonds is 85. The summed E-state index contributed by atoms with van der Waals surface area (Å²) in [6.45, 7) is 14.4. The van der Waals surface area contributed by atoms with E-state index in [2.05, 4.69) is 55.4 Å². The fourth-order valence-electron chi connectivity index (χ4n) is 13.6. The van der Waals surface area contributed by atoms with Gasteiger partial charge in [0.15, 0.2) is 12.2 Å². The van der Waals surface area contributed by atoms with Gasteiger partial charge in [-0.25, -0.2) is 9.13 Å². The number of hydrogen-bond acceptors (Lipinski definition) is 15. The summed E-state index contributed by atoms with van der Waals surface area (Å²) in [6, 6.07) is 0. The van der Waals surface area contributed by atoms with Crippen LogP contribution in [0.1, 0.15) is 460 Å². The Morgan fingerprint density at radius 2 is 0.449 bits per heavy atom. The van der Waals surface area contributed by atoms with Crippen LogP contribution in [0.3, 0.4) is 0 Å². The van der Waals surface area contributed by atoms with Crippen molar-refractivity contribution in [1.82, 2.24) is 0 Å². The van der Waals surface area contributed by atoms with Crippen LogP contribution in [0, 0.1) is 23.7 Å². The Hall–Kier alpha value is -1.94. The number of carbonyl (C=O) groups is 4. The number of aliphatic hydroxyl groups excluding tert-OH is 1. The molecular formula is C88H172O17P2. The Morgan fingerprint density at radius 1 is 0.262 bits per heavy atom. The van der Waals surface area contributed by atoms with Crippen molar-refractivity contribution < 1.29 is 80.2 Å². The van der Waals surface area contributed by atoms with Crippen molar-refractivity contribution in [3.05, 3.63) is 0 Å². The molecule has 4 unspecified atom stereocenters. The monoisotopic (exact) mass is 1560 g/mol. The van der Waals surface area contributed by atoms with Crippen LogP contribution in [0.15, 0.2) is 0 Å². The normalized spacial score (nSPS) is 14.1. The van der Waals surface area contributed by atoms with Crippen molar-refractivity contribution in [3.8, 4) is 0 Å². The molecule has 0 aromatic rings. The van der Waals surface area contributed by atoms with Gasteiger partial charge in [0, 0.05) is 25.7 Å². The second-order valence-corrected chi connectivity index (χ2v) is 36.2. The maximum Gasteiger partial charge on any atom is 0.472 e. The van der Waals surface area contributed by atoms with Gasteiger partial charge in [-0.05, 0) is 49.4 Å². The molecule has 0 rings (SSSR count). The highest BCUT2D eigenvalue weighted by atomic mass is 31.2. The van der Waals surface area contributed by atoms with E-state index in [9.17, 15) is 43.2 Å². The number of unbranched alkanes of at least 4 members (excludes halogenated alkanes) is 50. The molecule has 0 aliphatic rings. The summed E-state index contributed by atoms with van der Waals surface area (Å²) in [5.41, 5.74) is 0. The highest BCUT2D eigenvalue weighted by Gasteiger charge is 2.31. The third kappa shape index (κ3) is 80.5. The molecule has 0 aliphatic heterocycles. The van der Waals surface area contributed by atoms with Crippen LogP contribution < -0.4 is 0 Å². The summed E-state index contributed by atoms with van der Waals surface area (Å²) >= 11 is 0. The second kappa shape index (κ2) is 76.7. The molecule has 636 valence electrons. The van der Waals surface area contributed by atoms with Gasteiger partial charge in [-0.1, -0.05) is 409 Å². The second-order valence-electron chi connectivity index (χ2n) is 33.3. The lowest BCUT2D eigenvalue weighted by atomic mass is 9.99. The van der Waals surface area contributed by atoms with E-state index < -0.39 is 97.5 Å². The zero-order chi connectivity index (χ0) is 78.8. The van der Waals surface area contributed by atoms with Gasteiger partial charge in [0.05, 0.1) is 26.4 Å². The van der Waals surface area contributed by atoms with E-state index in [1.54, 1.807) is 0 Å². The summed E-state index contributed by atoms with van der Waals surface area (Å²) in [5, 5.41) is 10.7. The molecule has 107 heavy (non-hydrogen) atoms. The van der Waals surface area contributed by atoms with Crippen LogP contribution in [-0.4, -0.2) is 96.7 Å². The third-order valence-electron chi connectivity index (χ3n) is 20.9. The Labute approximate surface area is 658 Å². The Bertz CT molecular complexity index is 2080. The van der Waals surface area contributed by atoms with E-state index in [1.165, 1.54) is 257 Å². The standard InChI is InChI=1S/C88H172O17P2/c1-9-81(8)67-59-51-43-35-29-23-17-12-10-11-13-18-24-31-37-45-54-62-71-88(93)105-84(75-99-86(91)69-61-53-47-39-42-50-58-66-80(6)7)77-103-107(96,97)101-73-82(89)72-100-106(94,95)102-76-83(74-98-85(90)68-60-52-44-36-30-26-20-22-28-34-41-49-57-65-79(4)5)104-87(92)70-63-55-46-38-32-25-19-15-14-16-21-27-33-40-48-56-64-78(2)3/h78-84,89H,9-77H2,1-8H3,(H,94,95)(H,96,97)/t81?,82?,83-,84-/m1/s1. The molecule has 0 aliphatic carbocycles. The largest absolute Gasteiger partial charge is 0.472 e. The average Bonchev–Trinajstić information content (AvgIpc) is 0.934. The number of carbonyl (C=O) groups excluding carboxylic acids is 4. The molecule has 0 heterocycles. The highest BCUT2D eigenvalue weighted by Crippen LogP contribution is 2.45. The molecule has 19 heteroatoms. The van der Waals surface area contributed by atoms with E-state index in [0.29, 0.717) is 31.6 Å². The summed E-state index contributed by atoms with van der Waals surface area (Å²) in [5.74, 6) is 1.07. The van der Waals surface area contributed by atoms with Crippen molar-refractivity contribution in [2.24, 2.45) is 23.7 Å². The molecule has 0 bridgehead atoms. The number of hydrogen-bond donors (Lipinski definition) is 3. The van der Waals surface area contributed by atoms with Gasteiger partial charge < -0.3 is 33.8 Å². The first-order valence-corrected chi connectivity index (χ1v) is 48.2. The molecule has 3 N–H and O–H groups in total.